The van der Waals surface area contributed by atoms with Crippen molar-refractivity contribution in [1.82, 2.24) is 4.98 Å². The fourth-order valence-corrected chi connectivity index (χ4v) is 2.05. The van der Waals surface area contributed by atoms with Crippen LogP contribution >= 0.6 is 23.2 Å². The Morgan fingerprint density at radius 2 is 2.18 bits per heavy atom. The highest BCUT2D eigenvalue weighted by molar-refractivity contribution is 6.36. The lowest BCUT2D eigenvalue weighted by molar-refractivity contribution is 0.414. The second-order valence-electron chi connectivity index (χ2n) is 3.29. The van der Waals surface area contributed by atoms with E-state index in [4.69, 9.17) is 38.1 Å². The molecule has 2 aromatic rings. The minimum absolute atomic E-state index is 0.233. The second-order valence-corrected chi connectivity index (χ2v) is 4.13. The average Bonchev–Trinajstić information content (AvgIpc) is 2.76. The number of rotatable bonds is 3. The van der Waals surface area contributed by atoms with E-state index < -0.39 is 0 Å². The fourth-order valence-electron chi connectivity index (χ4n) is 1.48. The van der Waals surface area contributed by atoms with Gasteiger partial charge in [-0.05, 0) is 12.1 Å². The summed E-state index contributed by atoms with van der Waals surface area (Å²) < 4.78 is 10.7. The maximum atomic E-state index is 6.03. The van der Waals surface area contributed by atoms with E-state index in [0.29, 0.717) is 33.0 Å². The molecule has 0 saturated carbocycles. The lowest BCUT2D eigenvalue weighted by Gasteiger charge is -2.08. The molecule has 6 heteroatoms. The molecule has 0 bridgehead atoms. The van der Waals surface area contributed by atoms with Gasteiger partial charge in [0, 0.05) is 5.02 Å². The van der Waals surface area contributed by atoms with E-state index in [-0.39, 0.29) is 6.54 Å². The number of aromatic nitrogens is 1. The molecular formula is C11H10Cl2N2O2. The van der Waals surface area contributed by atoms with E-state index in [0.717, 1.165) is 0 Å². The number of ether oxygens (including phenoxy) is 1. The minimum Gasteiger partial charge on any atom is -0.494 e. The molecule has 2 rings (SSSR count). The Balaban J connectivity index is 2.57. The van der Waals surface area contributed by atoms with Gasteiger partial charge in [-0.25, -0.2) is 4.98 Å². The molecule has 0 amide bonds. The van der Waals surface area contributed by atoms with Gasteiger partial charge >= 0.3 is 0 Å². The Bertz CT molecular complexity index is 540. The quantitative estimate of drug-likeness (QED) is 0.933. The van der Waals surface area contributed by atoms with Crippen LogP contribution in [0, 0.1) is 0 Å². The third-order valence-electron chi connectivity index (χ3n) is 2.21. The summed E-state index contributed by atoms with van der Waals surface area (Å²) in [5, 5.41) is 0.914. The van der Waals surface area contributed by atoms with Crippen molar-refractivity contribution in [1.29, 1.82) is 0 Å². The van der Waals surface area contributed by atoms with Gasteiger partial charge in [0.25, 0.3) is 0 Å². The number of nitrogens with zero attached hydrogens (tertiary/aromatic N) is 1. The van der Waals surface area contributed by atoms with Crippen molar-refractivity contribution in [3.8, 4) is 17.1 Å². The van der Waals surface area contributed by atoms with Gasteiger partial charge in [-0.3, -0.25) is 0 Å². The molecule has 90 valence electrons. The first-order valence-corrected chi connectivity index (χ1v) is 5.59. The molecule has 0 fully saturated rings. The van der Waals surface area contributed by atoms with Gasteiger partial charge in [-0.1, -0.05) is 23.2 Å². The zero-order chi connectivity index (χ0) is 12.4. The van der Waals surface area contributed by atoms with Crippen LogP contribution in [-0.2, 0) is 6.54 Å². The fraction of sp³-hybridized carbons (Fsp3) is 0.182. The van der Waals surface area contributed by atoms with Gasteiger partial charge in [-0.15, -0.1) is 0 Å². The van der Waals surface area contributed by atoms with Gasteiger partial charge in [0.2, 0.25) is 5.89 Å². The largest absolute Gasteiger partial charge is 0.494 e. The van der Waals surface area contributed by atoms with E-state index in [2.05, 4.69) is 4.98 Å². The first-order valence-electron chi connectivity index (χ1n) is 4.84. The monoisotopic (exact) mass is 272 g/mol. The molecule has 1 aromatic heterocycles. The van der Waals surface area contributed by atoms with E-state index in [1.165, 1.54) is 7.11 Å². The third-order valence-corrected chi connectivity index (χ3v) is 2.71. The smallest absolute Gasteiger partial charge is 0.208 e. The van der Waals surface area contributed by atoms with Crippen LogP contribution in [0.5, 0.6) is 5.75 Å². The first-order chi connectivity index (χ1) is 8.15. The van der Waals surface area contributed by atoms with Crippen molar-refractivity contribution in [2.24, 2.45) is 5.73 Å². The summed E-state index contributed by atoms with van der Waals surface area (Å²) in [6.45, 7) is 0.233. The Hall–Kier alpha value is -1.23. The van der Waals surface area contributed by atoms with Crippen LogP contribution in [0.25, 0.3) is 11.3 Å². The maximum Gasteiger partial charge on any atom is 0.208 e. The normalized spacial score (nSPS) is 10.6. The summed E-state index contributed by atoms with van der Waals surface area (Å²) in [6.07, 6.45) is 1.56. The van der Waals surface area contributed by atoms with Gasteiger partial charge < -0.3 is 14.9 Å². The predicted octanol–water partition coefficient (Wildman–Crippen LogP) is 3.12. The summed E-state index contributed by atoms with van der Waals surface area (Å²) in [5.41, 5.74) is 6.08. The summed E-state index contributed by atoms with van der Waals surface area (Å²) in [6, 6.07) is 3.30. The zero-order valence-corrected chi connectivity index (χ0v) is 10.5. The number of nitrogens with two attached hydrogens (primary N) is 1. The Kier molecular flexibility index (Phi) is 3.57. The molecule has 4 nitrogen and oxygen atoms in total. The molecule has 2 N–H and O–H groups in total. The van der Waals surface area contributed by atoms with Crippen LogP contribution in [0.15, 0.2) is 22.7 Å². The van der Waals surface area contributed by atoms with Gasteiger partial charge in [0.05, 0.1) is 30.4 Å². The van der Waals surface area contributed by atoms with E-state index in [1.54, 1.807) is 18.3 Å². The van der Waals surface area contributed by atoms with Crippen LogP contribution in [0.2, 0.25) is 10.0 Å². The number of hydrogen-bond donors (Lipinski definition) is 1. The summed E-state index contributed by atoms with van der Waals surface area (Å²) in [7, 11) is 1.53. The van der Waals surface area contributed by atoms with Crippen LogP contribution in [-0.4, -0.2) is 12.1 Å². The van der Waals surface area contributed by atoms with Gasteiger partial charge in [0.1, 0.15) is 5.75 Å². The molecular weight excluding hydrogens is 263 g/mol. The summed E-state index contributed by atoms with van der Waals surface area (Å²) in [5.74, 6) is 1.46. The van der Waals surface area contributed by atoms with Crippen LogP contribution < -0.4 is 10.5 Å². The number of benzene rings is 1. The molecule has 17 heavy (non-hydrogen) atoms. The molecule has 0 aliphatic heterocycles. The zero-order valence-electron chi connectivity index (χ0n) is 9.04. The Morgan fingerprint density at radius 3 is 2.76 bits per heavy atom. The molecule has 0 saturated heterocycles. The lowest BCUT2D eigenvalue weighted by Crippen LogP contribution is -1.94. The number of oxazole rings is 1. The van der Waals surface area contributed by atoms with Crippen LogP contribution in [0.3, 0.4) is 0 Å². The molecule has 0 aliphatic rings. The number of halogens is 2. The topological polar surface area (TPSA) is 61.3 Å². The summed E-state index contributed by atoms with van der Waals surface area (Å²) in [4.78, 5) is 4.01. The van der Waals surface area contributed by atoms with Crippen LogP contribution in [0.1, 0.15) is 5.89 Å². The predicted molar refractivity (Wildman–Crippen MR) is 66.4 cm³/mol. The third kappa shape index (κ3) is 2.39. The van der Waals surface area contributed by atoms with Crippen molar-refractivity contribution in [3.63, 3.8) is 0 Å². The van der Waals surface area contributed by atoms with E-state index in [1.807, 2.05) is 0 Å². The molecule has 0 unspecified atom stereocenters. The first kappa shape index (κ1) is 12.2. The number of methoxy groups -OCH3 is 1. The van der Waals surface area contributed by atoms with E-state index >= 15 is 0 Å². The standard InChI is InChI=1S/C11H10Cl2N2O2/c1-16-11-7(2-6(12)3-8(11)13)9-5-15-10(4-14)17-9/h2-3,5H,4,14H2,1H3. The Morgan fingerprint density at radius 1 is 1.41 bits per heavy atom. The van der Waals surface area contributed by atoms with Crippen molar-refractivity contribution < 1.29 is 9.15 Å². The van der Waals surface area contributed by atoms with E-state index in [9.17, 15) is 0 Å². The molecule has 0 atom stereocenters. The minimum atomic E-state index is 0.233. The van der Waals surface area contributed by atoms with Gasteiger partial charge in [0.15, 0.2) is 5.76 Å². The second kappa shape index (κ2) is 4.96. The van der Waals surface area contributed by atoms with Crippen molar-refractivity contribution in [2.75, 3.05) is 7.11 Å². The highest BCUT2D eigenvalue weighted by Crippen LogP contribution is 2.38. The average molecular weight is 273 g/mol. The van der Waals surface area contributed by atoms with Gasteiger partial charge in [-0.2, -0.15) is 0 Å². The lowest BCUT2D eigenvalue weighted by atomic mass is 10.1. The number of hydrogen-bond acceptors (Lipinski definition) is 4. The molecule has 1 aromatic carbocycles. The molecule has 0 aliphatic carbocycles. The van der Waals surface area contributed by atoms with Crippen LogP contribution in [0.4, 0.5) is 0 Å². The van der Waals surface area contributed by atoms with Crippen molar-refractivity contribution in [3.05, 3.63) is 34.3 Å². The molecule has 0 radical (unpaired) electrons. The maximum absolute atomic E-state index is 6.03. The highest BCUT2D eigenvalue weighted by Gasteiger charge is 2.15. The van der Waals surface area contributed by atoms with Crippen molar-refractivity contribution in [2.45, 2.75) is 6.54 Å². The molecule has 0 spiro atoms. The van der Waals surface area contributed by atoms with Crippen molar-refractivity contribution >= 4 is 23.2 Å². The SMILES string of the molecule is COc1c(Cl)cc(Cl)cc1-c1cnc(CN)o1. The summed E-state index contributed by atoms with van der Waals surface area (Å²) >= 11 is 12.0. The Labute approximate surface area is 108 Å². The highest BCUT2D eigenvalue weighted by atomic mass is 35.5. The molecule has 1 heterocycles.